The molecule has 1 amide bonds. The Hall–Kier alpha value is -1.03. The summed E-state index contributed by atoms with van der Waals surface area (Å²) in [7, 11) is 0. The zero-order valence-electron chi connectivity index (χ0n) is 9.22. The van der Waals surface area contributed by atoms with Crippen molar-refractivity contribution in [3.63, 3.8) is 0 Å². The SMILES string of the molecule is C=CCC(C)(CC)NNC(=O)OCC. The van der Waals surface area contributed by atoms with Gasteiger partial charge in [0.05, 0.1) is 6.61 Å². The molecule has 0 saturated carbocycles. The van der Waals surface area contributed by atoms with Crippen molar-refractivity contribution < 1.29 is 9.53 Å². The number of carbonyl (C=O) groups excluding carboxylic acids is 1. The van der Waals surface area contributed by atoms with E-state index in [1.807, 2.05) is 19.9 Å². The molecule has 4 nitrogen and oxygen atoms in total. The van der Waals surface area contributed by atoms with E-state index in [4.69, 9.17) is 4.74 Å². The summed E-state index contributed by atoms with van der Waals surface area (Å²) < 4.78 is 4.72. The topological polar surface area (TPSA) is 50.4 Å². The van der Waals surface area contributed by atoms with Gasteiger partial charge in [-0.05, 0) is 26.7 Å². The summed E-state index contributed by atoms with van der Waals surface area (Å²) in [5, 5.41) is 0. The maximum absolute atomic E-state index is 11.0. The lowest BCUT2D eigenvalue weighted by Crippen LogP contribution is -2.52. The van der Waals surface area contributed by atoms with Gasteiger partial charge in [-0.3, -0.25) is 5.43 Å². The van der Waals surface area contributed by atoms with Gasteiger partial charge in [0.25, 0.3) is 0 Å². The van der Waals surface area contributed by atoms with Crippen LogP contribution in [0.3, 0.4) is 0 Å². The number of ether oxygens (including phenoxy) is 1. The second-order valence-corrected chi connectivity index (χ2v) is 3.38. The Labute approximate surface area is 85.7 Å². The second-order valence-electron chi connectivity index (χ2n) is 3.38. The van der Waals surface area contributed by atoms with E-state index in [-0.39, 0.29) is 5.54 Å². The van der Waals surface area contributed by atoms with Gasteiger partial charge >= 0.3 is 6.09 Å². The molecule has 0 spiro atoms. The van der Waals surface area contributed by atoms with Crippen molar-refractivity contribution in [3.05, 3.63) is 12.7 Å². The standard InChI is InChI=1S/C10H20N2O2/c1-5-8-10(4,6-2)12-11-9(13)14-7-3/h5,12H,1,6-8H2,2-4H3,(H,11,13). The second kappa shape index (κ2) is 6.43. The molecule has 0 aromatic carbocycles. The Bertz CT molecular complexity index is 195. The lowest BCUT2D eigenvalue weighted by atomic mass is 9.96. The third kappa shape index (κ3) is 4.87. The Kier molecular flexibility index (Phi) is 5.95. The van der Waals surface area contributed by atoms with Crippen LogP contribution < -0.4 is 10.9 Å². The molecule has 1 unspecified atom stereocenters. The van der Waals surface area contributed by atoms with Crippen LogP contribution in [0, 0.1) is 0 Å². The molecule has 4 heteroatoms. The molecular weight excluding hydrogens is 180 g/mol. The fourth-order valence-corrected chi connectivity index (χ4v) is 0.971. The molecular formula is C10H20N2O2. The molecule has 0 aromatic rings. The lowest BCUT2D eigenvalue weighted by Gasteiger charge is -2.28. The van der Waals surface area contributed by atoms with E-state index in [9.17, 15) is 4.79 Å². The minimum Gasteiger partial charge on any atom is -0.449 e. The quantitative estimate of drug-likeness (QED) is 0.509. The van der Waals surface area contributed by atoms with Gasteiger partial charge in [-0.1, -0.05) is 13.0 Å². The van der Waals surface area contributed by atoms with Crippen LogP contribution in [-0.4, -0.2) is 18.2 Å². The van der Waals surface area contributed by atoms with E-state index in [1.165, 1.54) is 0 Å². The Morgan fingerprint density at radius 1 is 1.57 bits per heavy atom. The van der Waals surface area contributed by atoms with E-state index in [0.717, 1.165) is 12.8 Å². The van der Waals surface area contributed by atoms with Crippen molar-refractivity contribution in [1.82, 2.24) is 10.9 Å². The summed E-state index contributed by atoms with van der Waals surface area (Å²) >= 11 is 0. The molecule has 0 aliphatic carbocycles. The first-order valence-corrected chi connectivity index (χ1v) is 4.88. The van der Waals surface area contributed by atoms with Gasteiger partial charge in [-0.25, -0.2) is 10.2 Å². The Balaban J connectivity index is 3.93. The van der Waals surface area contributed by atoms with Crippen LogP contribution in [0.1, 0.15) is 33.6 Å². The maximum Gasteiger partial charge on any atom is 0.421 e. The molecule has 14 heavy (non-hydrogen) atoms. The third-order valence-corrected chi connectivity index (χ3v) is 2.12. The van der Waals surface area contributed by atoms with Crippen LogP contribution in [0.5, 0.6) is 0 Å². The zero-order valence-corrected chi connectivity index (χ0v) is 9.22. The number of carbonyl (C=O) groups is 1. The first-order valence-electron chi connectivity index (χ1n) is 4.88. The first-order chi connectivity index (χ1) is 6.58. The van der Waals surface area contributed by atoms with Crippen LogP contribution >= 0.6 is 0 Å². The van der Waals surface area contributed by atoms with E-state index >= 15 is 0 Å². The van der Waals surface area contributed by atoms with Gasteiger partial charge in [-0.15, -0.1) is 6.58 Å². The van der Waals surface area contributed by atoms with E-state index in [1.54, 1.807) is 6.92 Å². The summed E-state index contributed by atoms with van der Waals surface area (Å²) in [6, 6.07) is 0. The average Bonchev–Trinajstić information content (AvgIpc) is 2.16. The summed E-state index contributed by atoms with van der Waals surface area (Å²) in [6.45, 7) is 9.87. The van der Waals surface area contributed by atoms with E-state index in [2.05, 4.69) is 17.4 Å². The molecule has 0 heterocycles. The largest absolute Gasteiger partial charge is 0.449 e. The molecule has 0 aliphatic rings. The summed E-state index contributed by atoms with van der Waals surface area (Å²) in [5.74, 6) is 0. The predicted molar refractivity (Wildman–Crippen MR) is 56.8 cm³/mol. The number of amides is 1. The summed E-state index contributed by atoms with van der Waals surface area (Å²) in [6.07, 6.45) is 3.06. The van der Waals surface area contributed by atoms with E-state index in [0.29, 0.717) is 6.61 Å². The predicted octanol–water partition coefficient (Wildman–Crippen LogP) is 1.98. The molecule has 82 valence electrons. The number of rotatable bonds is 6. The highest BCUT2D eigenvalue weighted by Gasteiger charge is 2.20. The van der Waals surface area contributed by atoms with Crippen LogP contribution in [0.4, 0.5) is 4.79 Å². The van der Waals surface area contributed by atoms with Crippen molar-refractivity contribution in [2.24, 2.45) is 0 Å². The van der Waals surface area contributed by atoms with Crippen LogP contribution in [-0.2, 0) is 4.74 Å². The van der Waals surface area contributed by atoms with Gasteiger partial charge in [-0.2, -0.15) is 0 Å². The van der Waals surface area contributed by atoms with Gasteiger partial charge in [0, 0.05) is 5.54 Å². The molecule has 0 saturated heterocycles. The van der Waals surface area contributed by atoms with Crippen molar-refractivity contribution in [1.29, 1.82) is 0 Å². The number of hydrogen-bond donors (Lipinski definition) is 2. The Morgan fingerprint density at radius 2 is 2.21 bits per heavy atom. The maximum atomic E-state index is 11.0. The smallest absolute Gasteiger partial charge is 0.421 e. The van der Waals surface area contributed by atoms with Crippen molar-refractivity contribution >= 4 is 6.09 Å². The molecule has 1 atom stereocenters. The van der Waals surface area contributed by atoms with Crippen molar-refractivity contribution in [3.8, 4) is 0 Å². The minimum absolute atomic E-state index is 0.158. The summed E-state index contributed by atoms with van der Waals surface area (Å²) in [4.78, 5) is 11.0. The number of hydrogen-bond acceptors (Lipinski definition) is 3. The minimum atomic E-state index is -0.448. The molecule has 0 aliphatic heterocycles. The molecule has 0 bridgehead atoms. The lowest BCUT2D eigenvalue weighted by molar-refractivity contribution is 0.139. The number of nitrogens with one attached hydrogen (secondary N) is 2. The first kappa shape index (κ1) is 13.0. The van der Waals surface area contributed by atoms with Crippen molar-refractivity contribution in [2.45, 2.75) is 39.2 Å². The summed E-state index contributed by atoms with van der Waals surface area (Å²) in [5.41, 5.74) is 5.28. The van der Waals surface area contributed by atoms with Crippen LogP contribution in [0.25, 0.3) is 0 Å². The zero-order chi connectivity index (χ0) is 11.0. The monoisotopic (exact) mass is 200 g/mol. The average molecular weight is 200 g/mol. The number of hydrazine groups is 1. The van der Waals surface area contributed by atoms with Gasteiger partial charge in [0.1, 0.15) is 0 Å². The highest BCUT2D eigenvalue weighted by atomic mass is 16.5. The van der Waals surface area contributed by atoms with Crippen LogP contribution in [0.15, 0.2) is 12.7 Å². The van der Waals surface area contributed by atoms with Gasteiger partial charge in [0.2, 0.25) is 0 Å². The molecule has 2 N–H and O–H groups in total. The normalized spacial score (nSPS) is 14.2. The van der Waals surface area contributed by atoms with Gasteiger partial charge < -0.3 is 4.74 Å². The highest BCUT2D eigenvalue weighted by Crippen LogP contribution is 2.13. The van der Waals surface area contributed by atoms with Crippen molar-refractivity contribution in [2.75, 3.05) is 6.61 Å². The highest BCUT2D eigenvalue weighted by molar-refractivity contribution is 5.66. The molecule has 0 rings (SSSR count). The Morgan fingerprint density at radius 3 is 2.64 bits per heavy atom. The van der Waals surface area contributed by atoms with Crippen LogP contribution in [0.2, 0.25) is 0 Å². The van der Waals surface area contributed by atoms with E-state index < -0.39 is 6.09 Å². The molecule has 0 radical (unpaired) electrons. The molecule has 0 fully saturated rings. The fourth-order valence-electron chi connectivity index (χ4n) is 0.971. The van der Waals surface area contributed by atoms with Gasteiger partial charge in [0.15, 0.2) is 0 Å². The molecule has 0 aromatic heterocycles. The fraction of sp³-hybridized carbons (Fsp3) is 0.700. The third-order valence-electron chi connectivity index (χ3n) is 2.12.